The van der Waals surface area contributed by atoms with Gasteiger partial charge in [0.05, 0.1) is 0 Å². The van der Waals surface area contributed by atoms with Crippen LogP contribution in [0, 0.1) is 45.3 Å². The maximum atomic E-state index is 10.7. The van der Waals surface area contributed by atoms with Gasteiger partial charge in [-0.05, 0) is 0 Å². The van der Waals surface area contributed by atoms with E-state index in [1.165, 1.54) is 24.3 Å². The Bertz CT molecular complexity index is 314. The highest BCUT2D eigenvalue weighted by atomic mass is 16.7. The van der Waals surface area contributed by atoms with Crippen LogP contribution >= 0.6 is 0 Å². The Morgan fingerprint density at radius 3 is 1.36 bits per heavy atom. The fourth-order valence-electron chi connectivity index (χ4n) is 0.383. The number of rotatable bonds is 2. The van der Waals surface area contributed by atoms with E-state index in [9.17, 15) is 4.79 Å². The van der Waals surface area contributed by atoms with Crippen molar-refractivity contribution in [3.05, 3.63) is 0 Å². The molecule has 7 heteroatoms. The molecule has 0 aromatic rings. The number of hydrogen-bond donors (Lipinski definition) is 0. The van der Waals surface area contributed by atoms with Crippen LogP contribution in [0.1, 0.15) is 0 Å². The van der Waals surface area contributed by atoms with Crippen LogP contribution in [0.2, 0.25) is 0 Å². The fourth-order valence-corrected chi connectivity index (χ4v) is 0.383. The van der Waals surface area contributed by atoms with Crippen molar-refractivity contribution < 1.29 is 14.3 Å². The summed E-state index contributed by atoms with van der Waals surface area (Å²) in [5.74, 6) is 0. The summed E-state index contributed by atoms with van der Waals surface area (Å²) in [6, 6.07) is 5.37. The molecule has 0 rings (SSSR count). The summed E-state index contributed by atoms with van der Waals surface area (Å²) in [4.78, 5) is 10.7. The highest BCUT2D eigenvalue weighted by Gasteiger charge is 2.18. The lowest BCUT2D eigenvalue weighted by Crippen LogP contribution is -2.20. The van der Waals surface area contributed by atoms with Gasteiger partial charge in [0.15, 0.2) is 0 Å². The highest BCUT2D eigenvalue weighted by Crippen LogP contribution is 1.96. The maximum absolute atomic E-state index is 10.7. The molecule has 0 saturated carbocycles. The van der Waals surface area contributed by atoms with E-state index in [1.54, 1.807) is 0 Å². The number of nitrogens with zero attached hydrogens (tertiary/aromatic N) is 4. The van der Waals surface area contributed by atoms with Gasteiger partial charge in [0.1, 0.15) is 24.3 Å². The Kier molecular flexibility index (Phi) is 4.67. The third-order valence-electron chi connectivity index (χ3n) is 0.897. The molecule has 0 aromatic carbocycles. The van der Waals surface area contributed by atoms with Crippen LogP contribution in [-0.2, 0) is 9.47 Å². The fraction of sp³-hybridized carbons (Fsp3) is 0.286. The van der Waals surface area contributed by atoms with Crippen molar-refractivity contribution in [1.29, 1.82) is 21.0 Å². The minimum Gasteiger partial charge on any atom is -0.401 e. The van der Waals surface area contributed by atoms with Gasteiger partial charge in [0.25, 0.3) is 12.2 Å². The number of ether oxygens (including phenoxy) is 2. The molecule has 0 heterocycles. The molecule has 0 aliphatic carbocycles. The second-order valence-electron chi connectivity index (χ2n) is 1.76. The van der Waals surface area contributed by atoms with Gasteiger partial charge in [-0.1, -0.05) is 0 Å². The van der Waals surface area contributed by atoms with E-state index < -0.39 is 18.4 Å². The Hall–Kier alpha value is -2.77. The second-order valence-corrected chi connectivity index (χ2v) is 1.76. The molecule has 0 radical (unpaired) electrons. The Morgan fingerprint density at radius 1 is 0.857 bits per heavy atom. The molecular weight excluding hydrogens is 188 g/mol. The smallest absolute Gasteiger partial charge is 0.401 e. The van der Waals surface area contributed by atoms with E-state index in [0.29, 0.717) is 0 Å². The monoisotopic (exact) mass is 190 g/mol. The van der Waals surface area contributed by atoms with Gasteiger partial charge in [-0.15, -0.1) is 0 Å². The van der Waals surface area contributed by atoms with E-state index in [1.807, 2.05) is 0 Å². The summed E-state index contributed by atoms with van der Waals surface area (Å²) in [6.07, 6.45) is -4.63. The zero-order valence-corrected chi connectivity index (χ0v) is 6.67. The molecule has 14 heavy (non-hydrogen) atoms. The summed E-state index contributed by atoms with van der Waals surface area (Å²) in [5, 5.41) is 32.8. The standard InChI is InChI=1S/C7H2N4O3/c8-1-5(2-9)13-7(12)14-6(3-10)4-11/h5-6H. The van der Waals surface area contributed by atoms with Crippen molar-refractivity contribution in [3.63, 3.8) is 0 Å². The van der Waals surface area contributed by atoms with Crippen LogP contribution < -0.4 is 0 Å². The third kappa shape index (κ3) is 3.57. The zero-order valence-electron chi connectivity index (χ0n) is 6.67. The minimum atomic E-state index is -1.61. The average Bonchev–Trinajstić information content (AvgIpc) is 2.22. The SMILES string of the molecule is N#CC(C#N)OC(=O)OC(C#N)C#N. The molecule has 0 aliphatic heterocycles. The van der Waals surface area contributed by atoms with Crippen LogP contribution in [0.5, 0.6) is 0 Å². The van der Waals surface area contributed by atoms with E-state index in [4.69, 9.17) is 21.0 Å². The zero-order chi connectivity index (χ0) is 11.0. The first-order valence-electron chi connectivity index (χ1n) is 3.13. The summed E-state index contributed by atoms with van der Waals surface area (Å²) in [7, 11) is 0. The van der Waals surface area contributed by atoms with Crippen molar-refractivity contribution in [3.8, 4) is 24.3 Å². The van der Waals surface area contributed by atoms with Crippen molar-refractivity contribution >= 4 is 6.16 Å². The number of carbonyl (C=O) groups is 1. The van der Waals surface area contributed by atoms with Gasteiger partial charge in [0.2, 0.25) is 0 Å². The normalized spacial score (nSPS) is 7.86. The molecule has 68 valence electrons. The lowest BCUT2D eigenvalue weighted by molar-refractivity contribution is 0.0474. The van der Waals surface area contributed by atoms with Gasteiger partial charge >= 0.3 is 6.16 Å². The summed E-state index contributed by atoms with van der Waals surface area (Å²) in [6.45, 7) is 0. The molecule has 0 fully saturated rings. The summed E-state index contributed by atoms with van der Waals surface area (Å²) in [5.41, 5.74) is 0. The van der Waals surface area contributed by atoms with Crippen LogP contribution in [-0.4, -0.2) is 18.4 Å². The maximum Gasteiger partial charge on any atom is 0.512 e. The Balaban J connectivity index is 4.16. The van der Waals surface area contributed by atoms with E-state index >= 15 is 0 Å². The third-order valence-corrected chi connectivity index (χ3v) is 0.897. The van der Waals surface area contributed by atoms with Gasteiger partial charge < -0.3 is 9.47 Å². The van der Waals surface area contributed by atoms with Crippen LogP contribution in [0.25, 0.3) is 0 Å². The molecule has 0 bridgehead atoms. The summed E-state index contributed by atoms with van der Waals surface area (Å²) < 4.78 is 8.19. The van der Waals surface area contributed by atoms with Crippen LogP contribution in [0.15, 0.2) is 0 Å². The number of carbonyl (C=O) groups excluding carboxylic acids is 1. The first-order valence-corrected chi connectivity index (χ1v) is 3.13. The van der Waals surface area contributed by atoms with Crippen molar-refractivity contribution in [1.82, 2.24) is 0 Å². The average molecular weight is 190 g/mol. The predicted molar refractivity (Wildman–Crippen MR) is 37.6 cm³/mol. The van der Waals surface area contributed by atoms with Gasteiger partial charge in [-0.2, -0.15) is 21.0 Å². The molecule has 0 unspecified atom stereocenters. The minimum absolute atomic E-state index is 1.34. The highest BCUT2D eigenvalue weighted by molar-refractivity contribution is 5.61. The molecule has 0 amide bonds. The molecular formula is C7H2N4O3. The predicted octanol–water partition coefficient (Wildman–Crippen LogP) is -0.0289. The quantitative estimate of drug-likeness (QED) is 0.558. The Morgan fingerprint density at radius 2 is 1.14 bits per heavy atom. The van der Waals surface area contributed by atoms with Gasteiger partial charge in [0, 0.05) is 0 Å². The Labute approximate surface area is 78.9 Å². The molecule has 0 aromatic heterocycles. The van der Waals surface area contributed by atoms with Crippen LogP contribution in [0.3, 0.4) is 0 Å². The van der Waals surface area contributed by atoms with Gasteiger partial charge in [-0.3, -0.25) is 0 Å². The van der Waals surface area contributed by atoms with Crippen molar-refractivity contribution in [2.24, 2.45) is 0 Å². The van der Waals surface area contributed by atoms with E-state index in [0.717, 1.165) is 0 Å². The van der Waals surface area contributed by atoms with Crippen LogP contribution in [0.4, 0.5) is 4.79 Å². The number of nitriles is 4. The van der Waals surface area contributed by atoms with Gasteiger partial charge in [-0.25, -0.2) is 4.79 Å². The summed E-state index contributed by atoms with van der Waals surface area (Å²) >= 11 is 0. The molecule has 0 saturated heterocycles. The molecule has 0 N–H and O–H groups in total. The van der Waals surface area contributed by atoms with E-state index in [-0.39, 0.29) is 0 Å². The number of hydrogen-bond acceptors (Lipinski definition) is 7. The van der Waals surface area contributed by atoms with Crippen molar-refractivity contribution in [2.45, 2.75) is 12.2 Å². The largest absolute Gasteiger partial charge is 0.512 e. The molecule has 0 aliphatic rings. The lowest BCUT2D eigenvalue weighted by Gasteiger charge is -2.04. The van der Waals surface area contributed by atoms with E-state index in [2.05, 4.69) is 9.47 Å². The lowest BCUT2D eigenvalue weighted by atomic mass is 10.4. The topological polar surface area (TPSA) is 131 Å². The molecule has 0 spiro atoms. The second kappa shape index (κ2) is 5.83. The van der Waals surface area contributed by atoms with Crippen molar-refractivity contribution in [2.75, 3.05) is 0 Å². The first kappa shape index (κ1) is 11.2. The molecule has 0 atom stereocenters. The molecule has 7 nitrogen and oxygen atoms in total. The first-order chi connectivity index (χ1) is 6.67.